The van der Waals surface area contributed by atoms with E-state index in [1.807, 2.05) is 25.1 Å². The molecule has 0 saturated heterocycles. The van der Waals surface area contributed by atoms with Gasteiger partial charge in [-0.05, 0) is 24.1 Å². The van der Waals surface area contributed by atoms with Crippen LogP contribution >= 0.6 is 0 Å². The number of carbonyl (C=O) groups is 1. The average molecular weight is 187 g/mol. The van der Waals surface area contributed by atoms with E-state index in [9.17, 15) is 4.79 Å². The van der Waals surface area contributed by atoms with Crippen LogP contribution in [-0.4, -0.2) is 5.91 Å². The molecular weight excluding hydrogens is 174 g/mol. The number of nitrogens with one attached hydrogen (secondary N) is 1. The Balaban J connectivity index is 3.10. The standard InChI is InChI=1S/C12H13NO/c1-4-10-8-6-7-9(3)12(10)13-11(14)5-2/h4-8H,1-2H2,3H3,(H,13,14). The highest BCUT2D eigenvalue weighted by Gasteiger charge is 2.04. The molecule has 0 aliphatic heterocycles. The summed E-state index contributed by atoms with van der Waals surface area (Å²) in [6.45, 7) is 9.03. The van der Waals surface area contributed by atoms with E-state index in [1.165, 1.54) is 6.08 Å². The summed E-state index contributed by atoms with van der Waals surface area (Å²) in [5, 5.41) is 2.75. The van der Waals surface area contributed by atoms with E-state index >= 15 is 0 Å². The van der Waals surface area contributed by atoms with E-state index in [0.29, 0.717) is 0 Å². The topological polar surface area (TPSA) is 29.1 Å². The lowest BCUT2D eigenvalue weighted by molar-refractivity contribution is -0.111. The van der Waals surface area contributed by atoms with E-state index in [-0.39, 0.29) is 5.91 Å². The molecule has 0 spiro atoms. The summed E-state index contributed by atoms with van der Waals surface area (Å²) in [5.41, 5.74) is 2.73. The summed E-state index contributed by atoms with van der Waals surface area (Å²) in [7, 11) is 0. The van der Waals surface area contributed by atoms with Gasteiger partial charge in [-0.15, -0.1) is 0 Å². The van der Waals surface area contributed by atoms with Crippen molar-refractivity contribution in [2.24, 2.45) is 0 Å². The lowest BCUT2D eigenvalue weighted by atomic mass is 10.1. The van der Waals surface area contributed by atoms with Crippen molar-refractivity contribution in [3.05, 3.63) is 48.6 Å². The predicted molar refractivity (Wildman–Crippen MR) is 60.1 cm³/mol. The fourth-order valence-corrected chi connectivity index (χ4v) is 1.21. The van der Waals surface area contributed by atoms with Gasteiger partial charge in [-0.2, -0.15) is 0 Å². The Morgan fingerprint density at radius 3 is 2.71 bits per heavy atom. The fourth-order valence-electron chi connectivity index (χ4n) is 1.21. The van der Waals surface area contributed by atoms with E-state index in [0.717, 1.165) is 16.8 Å². The maximum Gasteiger partial charge on any atom is 0.247 e. The molecule has 14 heavy (non-hydrogen) atoms. The summed E-state index contributed by atoms with van der Waals surface area (Å²) in [5.74, 6) is -0.206. The Morgan fingerprint density at radius 1 is 1.43 bits per heavy atom. The second-order valence-corrected chi connectivity index (χ2v) is 2.94. The number of carbonyl (C=O) groups excluding carboxylic acids is 1. The van der Waals surface area contributed by atoms with Crippen LogP contribution in [0.25, 0.3) is 6.08 Å². The highest BCUT2D eigenvalue weighted by molar-refractivity contribution is 6.00. The number of hydrogen-bond acceptors (Lipinski definition) is 1. The molecule has 0 unspecified atom stereocenters. The molecular formula is C12H13NO. The van der Waals surface area contributed by atoms with Crippen molar-refractivity contribution in [2.45, 2.75) is 6.92 Å². The molecule has 0 heterocycles. The van der Waals surface area contributed by atoms with Gasteiger partial charge in [0.05, 0.1) is 5.69 Å². The molecule has 0 aromatic heterocycles. The van der Waals surface area contributed by atoms with Crippen molar-refractivity contribution < 1.29 is 4.79 Å². The largest absolute Gasteiger partial charge is 0.322 e. The van der Waals surface area contributed by atoms with Crippen LogP contribution in [-0.2, 0) is 4.79 Å². The molecule has 2 heteroatoms. The molecule has 1 N–H and O–H groups in total. The summed E-state index contributed by atoms with van der Waals surface area (Å²) >= 11 is 0. The fraction of sp³-hybridized carbons (Fsp3) is 0.0833. The van der Waals surface area contributed by atoms with Gasteiger partial charge in [-0.1, -0.05) is 37.4 Å². The van der Waals surface area contributed by atoms with E-state index in [4.69, 9.17) is 0 Å². The van der Waals surface area contributed by atoms with Crippen LogP contribution in [0.5, 0.6) is 0 Å². The Labute approximate surface area is 84.0 Å². The number of anilines is 1. The highest BCUT2D eigenvalue weighted by atomic mass is 16.1. The second-order valence-electron chi connectivity index (χ2n) is 2.94. The Morgan fingerprint density at radius 2 is 2.14 bits per heavy atom. The van der Waals surface area contributed by atoms with E-state index < -0.39 is 0 Å². The van der Waals surface area contributed by atoms with E-state index in [2.05, 4.69) is 18.5 Å². The molecule has 2 nitrogen and oxygen atoms in total. The minimum atomic E-state index is -0.206. The minimum Gasteiger partial charge on any atom is -0.322 e. The van der Waals surface area contributed by atoms with Gasteiger partial charge in [-0.3, -0.25) is 4.79 Å². The minimum absolute atomic E-state index is 0.206. The van der Waals surface area contributed by atoms with Crippen LogP contribution < -0.4 is 5.32 Å². The Bertz CT molecular complexity index is 380. The first kappa shape index (κ1) is 10.3. The first-order valence-corrected chi connectivity index (χ1v) is 4.34. The molecule has 0 atom stereocenters. The van der Waals surface area contributed by atoms with Crippen LogP contribution in [0.2, 0.25) is 0 Å². The summed E-state index contributed by atoms with van der Waals surface area (Å²) in [6, 6.07) is 5.76. The highest BCUT2D eigenvalue weighted by Crippen LogP contribution is 2.21. The van der Waals surface area contributed by atoms with Crippen LogP contribution in [0.4, 0.5) is 5.69 Å². The summed E-state index contributed by atoms with van der Waals surface area (Å²) < 4.78 is 0. The van der Waals surface area contributed by atoms with Gasteiger partial charge in [0.2, 0.25) is 5.91 Å². The first-order valence-electron chi connectivity index (χ1n) is 4.34. The van der Waals surface area contributed by atoms with Crippen molar-refractivity contribution in [1.29, 1.82) is 0 Å². The zero-order valence-electron chi connectivity index (χ0n) is 8.21. The normalized spacial score (nSPS) is 9.21. The number of aryl methyl sites for hydroxylation is 1. The zero-order chi connectivity index (χ0) is 10.6. The van der Waals surface area contributed by atoms with E-state index in [1.54, 1.807) is 6.08 Å². The maximum absolute atomic E-state index is 11.1. The number of para-hydroxylation sites is 1. The van der Waals surface area contributed by atoms with Crippen LogP contribution in [0.1, 0.15) is 11.1 Å². The van der Waals surface area contributed by atoms with Gasteiger partial charge < -0.3 is 5.32 Å². The van der Waals surface area contributed by atoms with Crippen molar-refractivity contribution in [3.8, 4) is 0 Å². The van der Waals surface area contributed by atoms with Gasteiger partial charge in [0.15, 0.2) is 0 Å². The molecule has 0 bridgehead atoms. The van der Waals surface area contributed by atoms with Crippen molar-refractivity contribution in [2.75, 3.05) is 5.32 Å². The maximum atomic E-state index is 11.1. The number of hydrogen-bond donors (Lipinski definition) is 1. The van der Waals surface area contributed by atoms with Gasteiger partial charge in [-0.25, -0.2) is 0 Å². The van der Waals surface area contributed by atoms with Gasteiger partial charge >= 0.3 is 0 Å². The molecule has 0 aliphatic carbocycles. The molecule has 0 saturated carbocycles. The molecule has 72 valence electrons. The molecule has 1 rings (SSSR count). The third-order valence-electron chi connectivity index (χ3n) is 1.96. The smallest absolute Gasteiger partial charge is 0.247 e. The third-order valence-corrected chi connectivity index (χ3v) is 1.96. The van der Waals surface area contributed by atoms with Gasteiger partial charge in [0, 0.05) is 0 Å². The number of benzene rings is 1. The summed E-state index contributed by atoms with van der Waals surface area (Å²) in [4.78, 5) is 11.1. The van der Waals surface area contributed by atoms with Crippen molar-refractivity contribution in [1.82, 2.24) is 0 Å². The van der Waals surface area contributed by atoms with Crippen molar-refractivity contribution >= 4 is 17.7 Å². The number of rotatable bonds is 3. The van der Waals surface area contributed by atoms with Crippen LogP contribution in [0.3, 0.4) is 0 Å². The average Bonchev–Trinajstić information content (AvgIpc) is 2.20. The lowest BCUT2D eigenvalue weighted by Crippen LogP contribution is -2.09. The van der Waals surface area contributed by atoms with Crippen LogP contribution in [0, 0.1) is 6.92 Å². The monoisotopic (exact) mass is 187 g/mol. The SMILES string of the molecule is C=CC(=O)Nc1c(C)cccc1C=C. The first-order chi connectivity index (χ1) is 6.69. The molecule has 1 amide bonds. The summed E-state index contributed by atoms with van der Waals surface area (Å²) in [6.07, 6.45) is 2.96. The van der Waals surface area contributed by atoms with Gasteiger partial charge in [0.1, 0.15) is 0 Å². The number of amides is 1. The van der Waals surface area contributed by atoms with Crippen LogP contribution in [0.15, 0.2) is 37.4 Å². The molecule has 0 fully saturated rings. The lowest BCUT2D eigenvalue weighted by Gasteiger charge is -2.09. The second kappa shape index (κ2) is 4.42. The zero-order valence-corrected chi connectivity index (χ0v) is 8.21. The Kier molecular flexibility index (Phi) is 3.24. The molecule has 1 aromatic carbocycles. The Hall–Kier alpha value is -1.83. The van der Waals surface area contributed by atoms with Gasteiger partial charge in [0.25, 0.3) is 0 Å². The quantitative estimate of drug-likeness (QED) is 0.724. The molecule has 1 aromatic rings. The van der Waals surface area contributed by atoms with Crippen molar-refractivity contribution in [3.63, 3.8) is 0 Å². The molecule has 0 aliphatic rings. The predicted octanol–water partition coefficient (Wildman–Crippen LogP) is 2.76. The third kappa shape index (κ3) is 2.10. The molecule has 0 radical (unpaired) electrons.